The summed E-state index contributed by atoms with van der Waals surface area (Å²) in [4.78, 5) is 30.8. The number of carbonyl (C=O) groups excluding carboxylic acids is 2. The van der Waals surface area contributed by atoms with Crippen LogP contribution in [0.15, 0.2) is 24.4 Å². The van der Waals surface area contributed by atoms with Gasteiger partial charge in [0.2, 0.25) is 11.8 Å². The quantitative estimate of drug-likeness (QED) is 0.785. The standard InChI is InChI=1S/C19H28N4O2.ClH/c24-18(9-8-16-6-1-2-10-20-16)23-12-4-5-15(14-23)13-22-19(25)17-7-3-11-21-17;/h1-2,6,10,15,17,21H,3-5,7-9,11-14H2,(H,22,25);1H. The van der Waals surface area contributed by atoms with Gasteiger partial charge in [-0.25, -0.2) is 0 Å². The summed E-state index contributed by atoms with van der Waals surface area (Å²) in [5, 5.41) is 6.28. The van der Waals surface area contributed by atoms with E-state index in [0.717, 1.165) is 51.0 Å². The largest absolute Gasteiger partial charge is 0.354 e. The summed E-state index contributed by atoms with van der Waals surface area (Å²) < 4.78 is 0. The highest BCUT2D eigenvalue weighted by molar-refractivity contribution is 5.85. The molecule has 2 amide bonds. The van der Waals surface area contributed by atoms with E-state index in [2.05, 4.69) is 15.6 Å². The van der Waals surface area contributed by atoms with Crippen LogP contribution in [0.25, 0.3) is 0 Å². The zero-order valence-corrected chi connectivity index (χ0v) is 16.0. The Morgan fingerprint density at radius 2 is 2.15 bits per heavy atom. The number of pyridine rings is 1. The van der Waals surface area contributed by atoms with Gasteiger partial charge in [0.25, 0.3) is 0 Å². The summed E-state index contributed by atoms with van der Waals surface area (Å²) in [6, 6.07) is 5.76. The van der Waals surface area contributed by atoms with E-state index in [9.17, 15) is 9.59 Å². The number of rotatable bonds is 6. The van der Waals surface area contributed by atoms with Gasteiger partial charge in [-0.15, -0.1) is 12.4 Å². The molecule has 2 unspecified atom stereocenters. The highest BCUT2D eigenvalue weighted by Crippen LogP contribution is 2.17. The zero-order valence-electron chi connectivity index (χ0n) is 15.2. The van der Waals surface area contributed by atoms with E-state index >= 15 is 0 Å². The molecule has 0 aromatic carbocycles. The normalized spacial score (nSPS) is 22.5. The summed E-state index contributed by atoms with van der Waals surface area (Å²) in [6.45, 7) is 3.18. The van der Waals surface area contributed by atoms with Gasteiger partial charge in [0.05, 0.1) is 6.04 Å². The van der Waals surface area contributed by atoms with Crippen molar-refractivity contribution in [3.8, 4) is 0 Å². The van der Waals surface area contributed by atoms with E-state index < -0.39 is 0 Å². The Hall–Kier alpha value is -1.66. The molecule has 7 heteroatoms. The Kier molecular flexibility index (Phi) is 8.32. The maximum atomic E-state index is 12.5. The lowest BCUT2D eigenvalue weighted by Crippen LogP contribution is -2.46. The highest BCUT2D eigenvalue weighted by atomic mass is 35.5. The number of aromatic nitrogens is 1. The summed E-state index contributed by atoms with van der Waals surface area (Å²) in [7, 11) is 0. The second kappa shape index (κ2) is 10.5. The number of carbonyl (C=O) groups is 2. The van der Waals surface area contributed by atoms with Crippen LogP contribution in [0.2, 0.25) is 0 Å². The Labute approximate surface area is 161 Å². The van der Waals surface area contributed by atoms with Crippen LogP contribution in [0.3, 0.4) is 0 Å². The first-order valence-electron chi connectivity index (χ1n) is 9.41. The van der Waals surface area contributed by atoms with Crippen molar-refractivity contribution in [2.24, 2.45) is 5.92 Å². The molecule has 1 aromatic heterocycles. The van der Waals surface area contributed by atoms with Crippen molar-refractivity contribution in [3.05, 3.63) is 30.1 Å². The minimum Gasteiger partial charge on any atom is -0.354 e. The van der Waals surface area contributed by atoms with E-state index in [1.807, 2.05) is 23.1 Å². The molecule has 2 aliphatic rings. The average Bonchev–Trinajstić information content (AvgIpc) is 3.20. The second-order valence-corrected chi connectivity index (χ2v) is 7.06. The topological polar surface area (TPSA) is 74.3 Å². The summed E-state index contributed by atoms with van der Waals surface area (Å²) >= 11 is 0. The van der Waals surface area contributed by atoms with Crippen molar-refractivity contribution < 1.29 is 9.59 Å². The van der Waals surface area contributed by atoms with Crippen LogP contribution < -0.4 is 10.6 Å². The Balaban J connectivity index is 0.00000243. The highest BCUT2D eigenvalue weighted by Gasteiger charge is 2.26. The van der Waals surface area contributed by atoms with Gasteiger partial charge >= 0.3 is 0 Å². The van der Waals surface area contributed by atoms with E-state index in [1.54, 1.807) is 6.20 Å². The third-order valence-corrected chi connectivity index (χ3v) is 5.13. The first-order valence-corrected chi connectivity index (χ1v) is 9.41. The van der Waals surface area contributed by atoms with E-state index in [4.69, 9.17) is 0 Å². The minimum absolute atomic E-state index is 0. The molecule has 0 saturated carbocycles. The SMILES string of the molecule is Cl.O=C(NCC1CCCN(C(=O)CCc2ccccn2)C1)C1CCCN1. The first kappa shape index (κ1) is 20.6. The van der Waals surface area contributed by atoms with Crippen LogP contribution in [-0.2, 0) is 16.0 Å². The van der Waals surface area contributed by atoms with Crippen LogP contribution >= 0.6 is 12.4 Å². The maximum absolute atomic E-state index is 12.5. The monoisotopic (exact) mass is 380 g/mol. The number of aryl methyl sites for hydroxylation is 1. The Morgan fingerprint density at radius 3 is 2.88 bits per heavy atom. The smallest absolute Gasteiger partial charge is 0.237 e. The van der Waals surface area contributed by atoms with Crippen LogP contribution in [0.1, 0.15) is 37.8 Å². The molecule has 0 radical (unpaired) electrons. The lowest BCUT2D eigenvalue weighted by Gasteiger charge is -2.33. The maximum Gasteiger partial charge on any atom is 0.237 e. The predicted molar refractivity (Wildman–Crippen MR) is 103 cm³/mol. The number of piperidine rings is 1. The van der Waals surface area contributed by atoms with Crippen molar-refractivity contribution in [2.45, 2.75) is 44.6 Å². The molecule has 1 aromatic rings. The molecule has 26 heavy (non-hydrogen) atoms. The van der Waals surface area contributed by atoms with Gasteiger partial charge < -0.3 is 15.5 Å². The third kappa shape index (κ3) is 5.95. The number of nitrogens with one attached hydrogen (secondary N) is 2. The Bertz CT molecular complexity index is 578. The van der Waals surface area contributed by atoms with Crippen LogP contribution in [0, 0.1) is 5.92 Å². The number of likely N-dealkylation sites (tertiary alicyclic amines) is 1. The number of nitrogens with zero attached hydrogens (tertiary/aromatic N) is 2. The van der Waals surface area contributed by atoms with Gasteiger partial charge in [-0.3, -0.25) is 14.6 Å². The molecular weight excluding hydrogens is 352 g/mol. The van der Waals surface area contributed by atoms with Crippen molar-refractivity contribution >= 4 is 24.2 Å². The van der Waals surface area contributed by atoms with Crippen LogP contribution in [0.4, 0.5) is 0 Å². The molecule has 3 rings (SSSR count). The molecule has 2 N–H and O–H groups in total. The van der Waals surface area contributed by atoms with Crippen molar-refractivity contribution in [1.82, 2.24) is 20.5 Å². The number of amides is 2. The van der Waals surface area contributed by atoms with E-state index in [0.29, 0.717) is 25.3 Å². The molecule has 6 nitrogen and oxygen atoms in total. The lowest BCUT2D eigenvalue weighted by atomic mass is 9.97. The molecule has 2 saturated heterocycles. The summed E-state index contributed by atoms with van der Waals surface area (Å²) in [6.07, 6.45) is 7.03. The van der Waals surface area contributed by atoms with Crippen molar-refractivity contribution in [1.29, 1.82) is 0 Å². The van der Waals surface area contributed by atoms with Gasteiger partial charge in [-0.1, -0.05) is 6.07 Å². The fraction of sp³-hybridized carbons (Fsp3) is 0.632. The molecule has 2 aliphatic heterocycles. The minimum atomic E-state index is -0.0281. The molecule has 144 valence electrons. The van der Waals surface area contributed by atoms with E-state index in [1.165, 1.54) is 0 Å². The van der Waals surface area contributed by atoms with Crippen molar-refractivity contribution in [3.63, 3.8) is 0 Å². The van der Waals surface area contributed by atoms with Gasteiger partial charge in [0, 0.05) is 37.9 Å². The molecule has 0 aliphatic carbocycles. The van der Waals surface area contributed by atoms with Crippen LogP contribution in [-0.4, -0.2) is 53.9 Å². The molecule has 0 bridgehead atoms. The van der Waals surface area contributed by atoms with Crippen LogP contribution in [0.5, 0.6) is 0 Å². The molecule has 2 atom stereocenters. The van der Waals surface area contributed by atoms with Gasteiger partial charge in [-0.05, 0) is 56.7 Å². The third-order valence-electron chi connectivity index (χ3n) is 5.13. The first-order chi connectivity index (χ1) is 12.2. The number of hydrogen-bond acceptors (Lipinski definition) is 4. The molecule has 0 spiro atoms. The fourth-order valence-electron chi connectivity index (χ4n) is 3.67. The van der Waals surface area contributed by atoms with Crippen molar-refractivity contribution in [2.75, 3.05) is 26.2 Å². The molecule has 3 heterocycles. The number of halogens is 1. The average molecular weight is 381 g/mol. The van der Waals surface area contributed by atoms with Gasteiger partial charge in [-0.2, -0.15) is 0 Å². The Morgan fingerprint density at radius 1 is 1.27 bits per heavy atom. The molecule has 2 fully saturated rings. The summed E-state index contributed by atoms with van der Waals surface area (Å²) in [5.74, 6) is 0.660. The number of hydrogen-bond donors (Lipinski definition) is 2. The van der Waals surface area contributed by atoms with E-state index in [-0.39, 0.29) is 30.3 Å². The zero-order chi connectivity index (χ0) is 17.5. The lowest BCUT2D eigenvalue weighted by molar-refractivity contribution is -0.133. The van der Waals surface area contributed by atoms with Gasteiger partial charge in [0.1, 0.15) is 0 Å². The summed E-state index contributed by atoms with van der Waals surface area (Å²) in [5.41, 5.74) is 0.959. The fourth-order valence-corrected chi connectivity index (χ4v) is 3.67. The molecular formula is C19H29ClN4O2. The van der Waals surface area contributed by atoms with Gasteiger partial charge in [0.15, 0.2) is 0 Å². The second-order valence-electron chi connectivity index (χ2n) is 7.06. The predicted octanol–water partition coefficient (Wildman–Crippen LogP) is 1.54.